The monoisotopic (exact) mass is 478 g/mol. The minimum Gasteiger partial charge on any atom is -0.462 e. The first kappa shape index (κ1) is 24.2. The van der Waals surface area contributed by atoms with Crippen LogP contribution in [0.4, 0.5) is 5.69 Å². The van der Waals surface area contributed by atoms with Gasteiger partial charge in [0.05, 0.1) is 17.9 Å². The Balaban J connectivity index is 1.61. The lowest BCUT2D eigenvalue weighted by atomic mass is 9.96. The lowest BCUT2D eigenvalue weighted by Crippen LogP contribution is -2.42. The van der Waals surface area contributed by atoms with Crippen molar-refractivity contribution in [1.29, 1.82) is 0 Å². The second-order valence-corrected chi connectivity index (χ2v) is 10.1. The molecular weight excluding hydrogens is 452 g/mol. The number of piperidine rings is 1. The van der Waals surface area contributed by atoms with E-state index in [1.54, 1.807) is 56.3 Å². The van der Waals surface area contributed by atoms with Crippen LogP contribution in [0.1, 0.15) is 41.3 Å². The first-order valence-electron chi connectivity index (χ1n) is 10.5. The molecule has 0 spiro atoms. The zero-order valence-electron chi connectivity index (χ0n) is 18.1. The number of carbonyl (C=O) groups excluding carboxylic acids is 2. The van der Waals surface area contributed by atoms with Crippen LogP contribution in [0.2, 0.25) is 5.02 Å². The maximum atomic E-state index is 12.8. The number of esters is 1. The minimum atomic E-state index is -3.53. The number of sulfonamides is 1. The maximum Gasteiger partial charge on any atom is 0.338 e. The lowest BCUT2D eigenvalue weighted by molar-refractivity contribution is -0.120. The van der Waals surface area contributed by atoms with Crippen molar-refractivity contribution in [1.82, 2.24) is 4.31 Å². The van der Waals surface area contributed by atoms with Crippen LogP contribution in [0.25, 0.3) is 0 Å². The number of nitrogens with one attached hydrogen (secondary N) is 1. The maximum absolute atomic E-state index is 12.8. The third-order valence-electron chi connectivity index (χ3n) is 5.60. The van der Waals surface area contributed by atoms with E-state index in [1.807, 2.05) is 0 Å². The summed E-state index contributed by atoms with van der Waals surface area (Å²) in [4.78, 5) is 24.9. The largest absolute Gasteiger partial charge is 0.462 e. The van der Waals surface area contributed by atoms with Gasteiger partial charge in [-0.05, 0) is 56.0 Å². The molecule has 1 fully saturated rings. The van der Waals surface area contributed by atoms with Crippen molar-refractivity contribution in [2.24, 2.45) is 5.92 Å². The van der Waals surface area contributed by atoms with Gasteiger partial charge in [-0.3, -0.25) is 4.79 Å². The Kier molecular flexibility index (Phi) is 7.92. The fourth-order valence-corrected chi connectivity index (χ4v) is 5.61. The van der Waals surface area contributed by atoms with Gasteiger partial charge < -0.3 is 10.1 Å². The molecule has 0 bridgehead atoms. The minimum absolute atomic E-state index is 0.163. The average Bonchev–Trinajstić information content (AvgIpc) is 2.77. The molecule has 1 amide bonds. The van der Waals surface area contributed by atoms with Gasteiger partial charge in [-0.1, -0.05) is 35.9 Å². The molecule has 3 rings (SSSR count). The normalized spacial score (nSPS) is 15.3. The Morgan fingerprint density at radius 1 is 1.12 bits per heavy atom. The first-order chi connectivity index (χ1) is 15.2. The predicted molar refractivity (Wildman–Crippen MR) is 124 cm³/mol. The van der Waals surface area contributed by atoms with Crippen LogP contribution >= 0.6 is 11.6 Å². The van der Waals surface area contributed by atoms with Crippen LogP contribution in [-0.2, 0) is 25.3 Å². The van der Waals surface area contributed by atoms with Gasteiger partial charge in [0, 0.05) is 29.7 Å². The fraction of sp³-hybridized carbons (Fsp3) is 0.391. The molecule has 0 unspecified atom stereocenters. The highest BCUT2D eigenvalue weighted by Gasteiger charge is 2.31. The van der Waals surface area contributed by atoms with Crippen molar-refractivity contribution in [2.75, 3.05) is 25.0 Å². The van der Waals surface area contributed by atoms with Gasteiger partial charge in [0.2, 0.25) is 15.9 Å². The van der Waals surface area contributed by atoms with Crippen LogP contribution in [0.5, 0.6) is 0 Å². The Morgan fingerprint density at radius 2 is 1.81 bits per heavy atom. The average molecular weight is 479 g/mol. The first-order valence-corrected chi connectivity index (χ1v) is 12.5. The number of rotatable bonds is 7. The summed E-state index contributed by atoms with van der Waals surface area (Å²) in [5.41, 5.74) is 2.16. The van der Waals surface area contributed by atoms with E-state index in [0.717, 1.165) is 0 Å². The molecule has 1 N–H and O–H groups in total. The van der Waals surface area contributed by atoms with E-state index in [2.05, 4.69) is 5.32 Å². The highest BCUT2D eigenvalue weighted by atomic mass is 35.5. The van der Waals surface area contributed by atoms with Gasteiger partial charge >= 0.3 is 5.97 Å². The van der Waals surface area contributed by atoms with E-state index >= 15 is 0 Å². The van der Waals surface area contributed by atoms with E-state index in [4.69, 9.17) is 16.3 Å². The summed E-state index contributed by atoms with van der Waals surface area (Å²) in [5.74, 6) is -1.09. The molecule has 2 aromatic carbocycles. The Labute approximate surface area is 193 Å². The Hall–Kier alpha value is -2.42. The molecule has 9 heteroatoms. The summed E-state index contributed by atoms with van der Waals surface area (Å²) in [7, 11) is -3.53. The molecule has 0 saturated carbocycles. The molecule has 1 aliphatic heterocycles. The van der Waals surface area contributed by atoms with Gasteiger partial charge in [0.25, 0.3) is 0 Å². The van der Waals surface area contributed by atoms with Crippen LogP contribution in [0.3, 0.4) is 0 Å². The number of anilines is 1. The van der Waals surface area contributed by atoms with Gasteiger partial charge in [0.15, 0.2) is 0 Å². The van der Waals surface area contributed by atoms with E-state index in [1.165, 1.54) is 4.31 Å². The molecule has 1 heterocycles. The van der Waals surface area contributed by atoms with E-state index in [-0.39, 0.29) is 37.3 Å². The van der Waals surface area contributed by atoms with Crippen molar-refractivity contribution < 1.29 is 22.7 Å². The SMILES string of the molecule is CCOC(=O)c1cccc(NC(=O)C2CCN(S(=O)(=O)Cc3ccccc3Cl)CC2)c1C. The quantitative estimate of drug-likeness (QED) is 0.607. The Bertz CT molecular complexity index is 1100. The molecule has 172 valence electrons. The molecule has 0 aromatic heterocycles. The smallest absolute Gasteiger partial charge is 0.338 e. The molecule has 1 saturated heterocycles. The standard InChI is InChI=1S/C23H27ClN2O5S/c1-3-31-23(28)19-8-6-10-21(16(19)2)25-22(27)17-11-13-26(14-12-17)32(29,30)15-18-7-4-5-9-20(18)24/h4-10,17H,3,11-15H2,1-2H3,(H,25,27). The van der Waals surface area contributed by atoms with Crippen LogP contribution < -0.4 is 5.32 Å². The topological polar surface area (TPSA) is 92.8 Å². The fourth-order valence-electron chi connectivity index (χ4n) is 3.74. The van der Waals surface area contributed by atoms with Gasteiger partial charge in [-0.2, -0.15) is 0 Å². The predicted octanol–water partition coefficient (Wildman–Crippen LogP) is 4.01. The third kappa shape index (κ3) is 5.68. The lowest BCUT2D eigenvalue weighted by Gasteiger charge is -2.30. The summed E-state index contributed by atoms with van der Waals surface area (Å²) < 4.78 is 32.1. The number of nitrogens with zero attached hydrogens (tertiary/aromatic N) is 1. The number of benzene rings is 2. The highest BCUT2D eigenvalue weighted by molar-refractivity contribution is 7.88. The summed E-state index contributed by atoms with van der Waals surface area (Å²) in [6.45, 7) is 4.30. The molecule has 0 radical (unpaired) electrons. The molecular formula is C23H27ClN2O5S. The zero-order valence-corrected chi connectivity index (χ0v) is 19.7. The highest BCUT2D eigenvalue weighted by Crippen LogP contribution is 2.26. The molecule has 7 nitrogen and oxygen atoms in total. The van der Waals surface area contributed by atoms with Crippen LogP contribution in [0, 0.1) is 12.8 Å². The van der Waals surface area contributed by atoms with Crippen molar-refractivity contribution in [3.63, 3.8) is 0 Å². The van der Waals surface area contributed by atoms with Crippen LogP contribution in [-0.4, -0.2) is 44.3 Å². The number of hydrogen-bond donors (Lipinski definition) is 1. The van der Waals surface area contributed by atoms with Gasteiger partial charge in [-0.15, -0.1) is 0 Å². The number of amides is 1. The third-order valence-corrected chi connectivity index (χ3v) is 7.80. The van der Waals surface area contributed by atoms with Crippen molar-refractivity contribution in [3.05, 3.63) is 64.2 Å². The summed E-state index contributed by atoms with van der Waals surface area (Å²) >= 11 is 6.11. The number of ether oxygens (including phenoxy) is 1. The zero-order chi connectivity index (χ0) is 23.3. The van der Waals surface area contributed by atoms with E-state index < -0.39 is 16.0 Å². The number of carbonyl (C=O) groups is 2. The Morgan fingerprint density at radius 3 is 2.47 bits per heavy atom. The molecule has 2 aromatic rings. The second kappa shape index (κ2) is 10.5. The van der Waals surface area contributed by atoms with Gasteiger partial charge in [0.1, 0.15) is 0 Å². The van der Waals surface area contributed by atoms with Gasteiger partial charge in [-0.25, -0.2) is 17.5 Å². The summed E-state index contributed by atoms with van der Waals surface area (Å²) in [5, 5.41) is 3.31. The summed E-state index contributed by atoms with van der Waals surface area (Å²) in [6.07, 6.45) is 0.842. The van der Waals surface area contributed by atoms with Crippen LogP contribution in [0.15, 0.2) is 42.5 Å². The second-order valence-electron chi connectivity index (χ2n) is 7.71. The van der Waals surface area contributed by atoms with Crippen molar-refractivity contribution in [2.45, 2.75) is 32.4 Å². The molecule has 0 atom stereocenters. The van der Waals surface area contributed by atoms with E-state index in [9.17, 15) is 18.0 Å². The van der Waals surface area contributed by atoms with Crippen molar-refractivity contribution >= 4 is 39.2 Å². The summed E-state index contributed by atoms with van der Waals surface area (Å²) in [6, 6.07) is 12.0. The molecule has 32 heavy (non-hydrogen) atoms. The van der Waals surface area contributed by atoms with E-state index in [0.29, 0.717) is 40.2 Å². The number of halogens is 1. The molecule has 0 aliphatic carbocycles. The van der Waals surface area contributed by atoms with Crippen molar-refractivity contribution in [3.8, 4) is 0 Å². The molecule has 1 aliphatic rings. The number of hydrogen-bond acceptors (Lipinski definition) is 5.